The SMILES string of the molecule is CCCCCCCC/C=C\CCCCCCCC(=O)N1C=[N+](CC)CC1.COS(=O)(=O)[O-]. The molecule has 0 N–H and O–H groups in total. The highest BCUT2D eigenvalue weighted by Crippen LogP contribution is 2.11. The molecule has 188 valence electrons. The van der Waals surface area contributed by atoms with Gasteiger partial charge in [0.15, 0.2) is 0 Å². The standard InChI is InChI=1S/C23H43N2O.CH4O4S/c1-3-5-6-7-8-9-10-11-12-13-14-15-16-17-18-19-23(26)25-21-20-24(4-2)22-25;1-5-6(2,3)4/h11-12,22H,3-10,13-21H2,1-2H3;1H3,(H,2,3,4)/q+1;/p-1/b12-11-;. The molecule has 0 unspecified atom stereocenters. The van der Waals surface area contributed by atoms with Crippen LogP contribution in [0, 0.1) is 0 Å². The zero-order chi connectivity index (χ0) is 24.1. The predicted octanol–water partition coefficient (Wildman–Crippen LogP) is 5.02. The second-order valence-corrected chi connectivity index (χ2v) is 9.39. The van der Waals surface area contributed by atoms with Gasteiger partial charge < -0.3 is 4.55 Å². The summed E-state index contributed by atoms with van der Waals surface area (Å²) in [7, 11) is -3.60. The van der Waals surface area contributed by atoms with Gasteiger partial charge in [-0.25, -0.2) is 13.2 Å². The zero-order valence-electron chi connectivity index (χ0n) is 20.6. The molecule has 0 aliphatic carbocycles. The van der Waals surface area contributed by atoms with Crippen molar-refractivity contribution in [3.05, 3.63) is 12.2 Å². The lowest BCUT2D eigenvalue weighted by Crippen LogP contribution is -2.27. The summed E-state index contributed by atoms with van der Waals surface area (Å²) in [4.78, 5) is 14.0. The number of carbonyl (C=O) groups excluding carboxylic acids is 1. The molecule has 1 amide bonds. The van der Waals surface area contributed by atoms with Crippen molar-refractivity contribution in [1.82, 2.24) is 4.90 Å². The predicted molar refractivity (Wildman–Crippen MR) is 130 cm³/mol. The molecule has 0 bridgehead atoms. The number of unbranched alkanes of at least 4 members (excludes halogenated alkanes) is 11. The Morgan fingerprint density at radius 3 is 1.94 bits per heavy atom. The van der Waals surface area contributed by atoms with E-state index in [1.54, 1.807) is 0 Å². The first-order chi connectivity index (χ1) is 15.3. The molecule has 1 heterocycles. The lowest BCUT2D eigenvalue weighted by molar-refractivity contribution is -0.509. The molecule has 1 aliphatic heterocycles. The summed E-state index contributed by atoms with van der Waals surface area (Å²) < 4.78 is 33.2. The van der Waals surface area contributed by atoms with Crippen molar-refractivity contribution < 1.29 is 26.5 Å². The summed E-state index contributed by atoms with van der Waals surface area (Å²) in [6, 6.07) is 0. The van der Waals surface area contributed by atoms with E-state index in [0.717, 1.165) is 33.2 Å². The molecule has 0 aromatic rings. The van der Waals surface area contributed by atoms with E-state index in [-0.39, 0.29) is 0 Å². The number of rotatable bonds is 17. The van der Waals surface area contributed by atoms with Gasteiger partial charge in [-0.1, -0.05) is 70.4 Å². The maximum atomic E-state index is 12.1. The molecule has 0 saturated carbocycles. The molecule has 7 nitrogen and oxygen atoms in total. The second-order valence-electron chi connectivity index (χ2n) is 8.24. The van der Waals surface area contributed by atoms with Crippen molar-refractivity contribution >= 4 is 22.6 Å². The van der Waals surface area contributed by atoms with Crippen molar-refractivity contribution in [2.75, 3.05) is 26.7 Å². The van der Waals surface area contributed by atoms with Crippen LogP contribution in [-0.2, 0) is 19.4 Å². The zero-order valence-corrected chi connectivity index (χ0v) is 21.4. The van der Waals surface area contributed by atoms with Crippen LogP contribution < -0.4 is 0 Å². The molecule has 0 spiro atoms. The molecule has 0 atom stereocenters. The number of hydrogen-bond acceptors (Lipinski definition) is 5. The molecule has 32 heavy (non-hydrogen) atoms. The minimum atomic E-state index is -4.41. The van der Waals surface area contributed by atoms with Gasteiger partial charge in [0.2, 0.25) is 16.7 Å². The van der Waals surface area contributed by atoms with E-state index in [1.807, 2.05) is 11.2 Å². The lowest BCUT2D eigenvalue weighted by Gasteiger charge is -2.04. The molecule has 8 heteroatoms. The normalized spacial score (nSPS) is 13.9. The number of hydrogen-bond donors (Lipinski definition) is 0. The van der Waals surface area contributed by atoms with Crippen LogP contribution in [0.1, 0.15) is 104 Å². The molecular formula is C24H46N2O5S. The van der Waals surface area contributed by atoms with Crippen LogP contribution in [-0.4, -0.2) is 61.4 Å². The summed E-state index contributed by atoms with van der Waals surface area (Å²) in [5.74, 6) is 0.304. The third kappa shape index (κ3) is 19.4. The lowest BCUT2D eigenvalue weighted by atomic mass is 10.1. The fraction of sp³-hybridized carbons (Fsp3) is 0.833. The van der Waals surface area contributed by atoms with Gasteiger partial charge in [0.1, 0.15) is 13.1 Å². The second kappa shape index (κ2) is 20.4. The van der Waals surface area contributed by atoms with E-state index in [9.17, 15) is 17.8 Å². The Bertz CT molecular complexity index is 632. The quantitative estimate of drug-likeness (QED) is 0.0970. The van der Waals surface area contributed by atoms with Gasteiger partial charge in [0.25, 0.3) is 0 Å². The van der Waals surface area contributed by atoms with Crippen LogP contribution >= 0.6 is 0 Å². The monoisotopic (exact) mass is 474 g/mol. The highest BCUT2D eigenvalue weighted by molar-refractivity contribution is 7.80. The van der Waals surface area contributed by atoms with Crippen molar-refractivity contribution in [3.8, 4) is 0 Å². The van der Waals surface area contributed by atoms with Gasteiger partial charge >= 0.3 is 5.91 Å². The molecule has 0 radical (unpaired) electrons. The van der Waals surface area contributed by atoms with Crippen molar-refractivity contribution in [2.45, 2.75) is 104 Å². The van der Waals surface area contributed by atoms with Crippen LogP contribution in [0.3, 0.4) is 0 Å². The third-order valence-electron chi connectivity index (χ3n) is 5.51. The van der Waals surface area contributed by atoms with E-state index in [4.69, 9.17) is 0 Å². The topological polar surface area (TPSA) is 89.8 Å². The average molecular weight is 475 g/mol. The van der Waals surface area contributed by atoms with Crippen LogP contribution in [0.25, 0.3) is 0 Å². The number of amides is 1. The van der Waals surface area contributed by atoms with E-state index < -0.39 is 10.4 Å². The van der Waals surface area contributed by atoms with Gasteiger partial charge in [0.05, 0.1) is 13.7 Å². The number of carbonyl (C=O) groups is 1. The Morgan fingerprint density at radius 2 is 1.47 bits per heavy atom. The number of likely N-dealkylation sites (N-methyl/N-ethyl adjacent to an activating group) is 1. The maximum Gasteiger partial charge on any atom is 0.309 e. The van der Waals surface area contributed by atoms with Crippen molar-refractivity contribution in [3.63, 3.8) is 0 Å². The Hall–Kier alpha value is -1.25. The van der Waals surface area contributed by atoms with Crippen molar-refractivity contribution in [1.29, 1.82) is 0 Å². The van der Waals surface area contributed by atoms with Crippen molar-refractivity contribution in [2.24, 2.45) is 0 Å². The first-order valence-electron chi connectivity index (χ1n) is 12.4. The average Bonchev–Trinajstić information content (AvgIpc) is 3.26. The van der Waals surface area contributed by atoms with Crippen LogP contribution in [0.5, 0.6) is 0 Å². The number of allylic oxidation sites excluding steroid dienone is 2. The fourth-order valence-corrected chi connectivity index (χ4v) is 3.47. The first kappa shape index (κ1) is 30.8. The summed E-state index contributed by atoms with van der Waals surface area (Å²) in [6.07, 6.45) is 24.4. The minimum absolute atomic E-state index is 0.304. The summed E-state index contributed by atoms with van der Waals surface area (Å²) in [6.45, 7) is 7.27. The van der Waals surface area contributed by atoms with Gasteiger partial charge in [0, 0.05) is 6.42 Å². The van der Waals surface area contributed by atoms with Gasteiger partial charge in [-0.3, -0.25) is 8.76 Å². The summed E-state index contributed by atoms with van der Waals surface area (Å²) in [5.41, 5.74) is 0. The van der Waals surface area contributed by atoms with Crippen LogP contribution in [0.4, 0.5) is 0 Å². The molecule has 0 fully saturated rings. The maximum absolute atomic E-state index is 12.1. The highest BCUT2D eigenvalue weighted by atomic mass is 32.3. The third-order valence-corrected chi connectivity index (χ3v) is 5.92. The Balaban J connectivity index is 0.00000140. The first-order valence-corrected chi connectivity index (χ1v) is 13.7. The van der Waals surface area contributed by atoms with E-state index in [0.29, 0.717) is 12.3 Å². The molecule has 1 aliphatic rings. The fourth-order valence-electron chi connectivity index (χ4n) is 3.47. The smallest absolute Gasteiger partial charge is 0.309 e. The Morgan fingerprint density at radius 1 is 0.969 bits per heavy atom. The van der Waals surface area contributed by atoms with E-state index >= 15 is 0 Å². The summed E-state index contributed by atoms with van der Waals surface area (Å²) in [5, 5.41) is 0. The van der Waals surface area contributed by atoms with Gasteiger partial charge in [-0.05, 0) is 39.0 Å². The molecule has 0 aromatic carbocycles. The highest BCUT2D eigenvalue weighted by Gasteiger charge is 2.24. The van der Waals surface area contributed by atoms with Crippen LogP contribution in [0.15, 0.2) is 12.2 Å². The molecule has 1 rings (SSSR count). The Kier molecular flexibility index (Phi) is 19.6. The van der Waals surface area contributed by atoms with E-state index in [1.165, 1.54) is 77.0 Å². The molecular weight excluding hydrogens is 428 g/mol. The largest absolute Gasteiger partial charge is 0.726 e. The minimum Gasteiger partial charge on any atom is -0.726 e. The van der Waals surface area contributed by atoms with Gasteiger partial charge in [-0.2, -0.15) is 4.90 Å². The Labute approximate surface area is 196 Å². The van der Waals surface area contributed by atoms with Gasteiger partial charge in [-0.15, -0.1) is 0 Å². The molecule has 0 saturated heterocycles. The summed E-state index contributed by atoms with van der Waals surface area (Å²) >= 11 is 0. The van der Waals surface area contributed by atoms with Crippen LogP contribution in [0.2, 0.25) is 0 Å². The molecule has 0 aromatic heterocycles. The number of nitrogens with zero attached hydrogens (tertiary/aromatic N) is 2. The van der Waals surface area contributed by atoms with E-state index in [2.05, 4.69) is 34.8 Å².